The minimum absolute atomic E-state index is 0.204. The molecule has 2 nitrogen and oxygen atoms in total. The van der Waals surface area contributed by atoms with Crippen molar-refractivity contribution in [1.29, 1.82) is 0 Å². The number of carbonyl (C=O) groups is 1. The molecule has 3 fully saturated rings. The van der Waals surface area contributed by atoms with E-state index >= 15 is 0 Å². The van der Waals surface area contributed by atoms with Crippen LogP contribution in [0.25, 0.3) is 0 Å². The summed E-state index contributed by atoms with van der Waals surface area (Å²) in [5, 5.41) is 0. The number of rotatable bonds is 10. The van der Waals surface area contributed by atoms with Crippen molar-refractivity contribution in [3.8, 4) is 0 Å². The van der Waals surface area contributed by atoms with Crippen molar-refractivity contribution >= 4 is 13.5 Å². The average Bonchev–Trinajstić information content (AvgIpc) is 2.79. The first kappa shape index (κ1) is 23.6. The molecule has 0 N–H and O–H groups in total. The summed E-state index contributed by atoms with van der Waals surface area (Å²) in [5.41, 5.74) is 2.31. The Hall–Kier alpha value is -0.100. The van der Waals surface area contributed by atoms with Gasteiger partial charge in [-0.1, -0.05) is 0 Å². The Kier molecular flexibility index (Phi) is 10.3. The van der Waals surface area contributed by atoms with E-state index in [0.717, 1.165) is 23.4 Å². The third kappa shape index (κ3) is 6.44. The van der Waals surface area contributed by atoms with Crippen molar-refractivity contribution in [1.82, 2.24) is 0 Å². The van der Waals surface area contributed by atoms with Gasteiger partial charge in [-0.25, -0.2) is 0 Å². The molecule has 0 bridgehead atoms. The second-order valence-electron chi connectivity index (χ2n) is 10.5. The Morgan fingerprint density at radius 3 is 1.48 bits per heavy atom. The van der Waals surface area contributed by atoms with Crippen molar-refractivity contribution in [2.45, 2.75) is 159 Å². The molecular weight excluding hydrogens is 375 g/mol. The van der Waals surface area contributed by atoms with Gasteiger partial charge in [-0.05, 0) is 0 Å². The third-order valence-corrected chi connectivity index (χ3v) is 14.6. The first-order valence-corrected chi connectivity index (χ1v) is 15.6. The van der Waals surface area contributed by atoms with Crippen LogP contribution in [0.1, 0.15) is 142 Å². The van der Waals surface area contributed by atoms with E-state index in [2.05, 4.69) is 6.92 Å². The van der Waals surface area contributed by atoms with Crippen LogP contribution in [0.2, 0.25) is 0 Å². The molecule has 0 heterocycles. The van der Waals surface area contributed by atoms with Gasteiger partial charge in [-0.15, -0.1) is 0 Å². The van der Waals surface area contributed by atoms with Gasteiger partial charge < -0.3 is 0 Å². The molecule has 0 spiro atoms. The van der Waals surface area contributed by atoms with Crippen LogP contribution in [0.4, 0.5) is 0 Å². The zero-order valence-corrected chi connectivity index (χ0v) is 20.4. The van der Waals surface area contributed by atoms with E-state index in [1.54, 1.807) is 0 Å². The van der Waals surface area contributed by atoms with Gasteiger partial charge in [-0.2, -0.15) is 0 Å². The van der Waals surface area contributed by atoms with Gasteiger partial charge in [0, 0.05) is 0 Å². The standard InChI is InChI=1S/C26H49O2P/c1-2-3-4-5-15-22-26(27)28-29(23-16-9-6-10-17-23,24-18-11-7-12-19-24)25-20-13-8-14-21-25/h23-25,29H,2-22H2,1H3. The zero-order valence-electron chi connectivity index (χ0n) is 19.4. The molecular formula is C26H49O2P. The van der Waals surface area contributed by atoms with E-state index in [1.807, 2.05) is 0 Å². The maximum atomic E-state index is 13.2. The normalized spacial score (nSPS) is 23.8. The van der Waals surface area contributed by atoms with Crippen molar-refractivity contribution in [3.63, 3.8) is 0 Å². The molecule has 0 aliphatic heterocycles. The van der Waals surface area contributed by atoms with Crippen LogP contribution >= 0.6 is 7.49 Å². The molecule has 0 aromatic rings. The van der Waals surface area contributed by atoms with Crippen molar-refractivity contribution in [2.75, 3.05) is 0 Å². The van der Waals surface area contributed by atoms with Crippen LogP contribution in [0.5, 0.6) is 0 Å². The van der Waals surface area contributed by atoms with Gasteiger partial charge in [0.2, 0.25) is 0 Å². The molecule has 29 heavy (non-hydrogen) atoms. The fraction of sp³-hybridized carbons (Fsp3) is 0.962. The summed E-state index contributed by atoms with van der Waals surface area (Å²) in [6, 6.07) is 0. The van der Waals surface area contributed by atoms with Gasteiger partial charge >= 0.3 is 182 Å². The molecule has 170 valence electrons. The van der Waals surface area contributed by atoms with E-state index in [0.29, 0.717) is 6.42 Å². The number of unbranched alkanes of at least 4 members (excludes halogenated alkanes) is 4. The van der Waals surface area contributed by atoms with Crippen LogP contribution < -0.4 is 0 Å². The number of carbonyl (C=O) groups excluding carboxylic acids is 1. The summed E-state index contributed by atoms with van der Waals surface area (Å²) < 4.78 is 6.96. The fourth-order valence-corrected chi connectivity index (χ4v) is 14.0. The molecule has 0 aromatic heterocycles. The second-order valence-corrected chi connectivity index (χ2v) is 14.9. The van der Waals surface area contributed by atoms with E-state index in [4.69, 9.17) is 4.52 Å². The van der Waals surface area contributed by atoms with Gasteiger partial charge in [0.1, 0.15) is 0 Å². The maximum absolute atomic E-state index is 13.2. The second kappa shape index (κ2) is 12.7. The first-order valence-electron chi connectivity index (χ1n) is 13.5. The molecule has 0 radical (unpaired) electrons. The molecule has 3 aliphatic rings. The first-order chi connectivity index (χ1) is 14.3. The van der Waals surface area contributed by atoms with Gasteiger partial charge in [-0.3, -0.25) is 0 Å². The topological polar surface area (TPSA) is 26.3 Å². The van der Waals surface area contributed by atoms with Crippen molar-refractivity contribution < 1.29 is 9.32 Å². The monoisotopic (exact) mass is 424 g/mol. The van der Waals surface area contributed by atoms with Gasteiger partial charge in [0.15, 0.2) is 0 Å². The molecule has 3 rings (SSSR count). The molecule has 3 heteroatoms. The van der Waals surface area contributed by atoms with Gasteiger partial charge in [0.25, 0.3) is 0 Å². The summed E-state index contributed by atoms with van der Waals surface area (Å²) >= 11 is 0. The fourth-order valence-electron chi connectivity index (χ4n) is 7.03. The van der Waals surface area contributed by atoms with E-state index in [9.17, 15) is 4.79 Å². The number of hydrogen-bond acceptors (Lipinski definition) is 2. The Labute approximate surface area is 181 Å². The van der Waals surface area contributed by atoms with Crippen LogP contribution in [-0.4, -0.2) is 22.9 Å². The minimum atomic E-state index is -2.08. The van der Waals surface area contributed by atoms with E-state index in [1.165, 1.54) is 122 Å². The Morgan fingerprint density at radius 2 is 1.07 bits per heavy atom. The van der Waals surface area contributed by atoms with E-state index in [-0.39, 0.29) is 5.97 Å². The summed E-state index contributed by atoms with van der Waals surface area (Å²) in [6.45, 7) is 2.26. The quantitative estimate of drug-likeness (QED) is 0.259. The molecule has 3 aliphatic carbocycles. The van der Waals surface area contributed by atoms with Crippen molar-refractivity contribution in [3.05, 3.63) is 0 Å². The molecule has 0 aromatic carbocycles. The Bertz CT molecular complexity index is 414. The summed E-state index contributed by atoms with van der Waals surface area (Å²) in [5.74, 6) is 0.204. The van der Waals surface area contributed by atoms with Crippen LogP contribution in [0.3, 0.4) is 0 Å². The summed E-state index contributed by atoms with van der Waals surface area (Å²) in [4.78, 5) is 13.2. The van der Waals surface area contributed by atoms with Crippen LogP contribution in [-0.2, 0) is 9.32 Å². The molecule has 0 unspecified atom stereocenters. The van der Waals surface area contributed by atoms with Crippen LogP contribution in [0, 0.1) is 0 Å². The van der Waals surface area contributed by atoms with Crippen molar-refractivity contribution in [2.24, 2.45) is 0 Å². The zero-order chi connectivity index (χ0) is 20.4. The van der Waals surface area contributed by atoms with Gasteiger partial charge in [0.05, 0.1) is 0 Å². The average molecular weight is 425 g/mol. The molecule has 0 amide bonds. The Morgan fingerprint density at radius 1 is 0.655 bits per heavy atom. The SMILES string of the molecule is CCCCCCCC(=O)O[PH](C1CCCCC1)(C1CCCCC1)C1CCCCC1. The third-order valence-electron chi connectivity index (χ3n) is 8.50. The molecule has 0 atom stereocenters. The van der Waals surface area contributed by atoms with E-state index < -0.39 is 7.49 Å². The predicted molar refractivity (Wildman–Crippen MR) is 128 cm³/mol. The molecule has 0 saturated heterocycles. The number of hydrogen-bond donors (Lipinski definition) is 0. The Balaban J connectivity index is 1.76. The predicted octanol–water partition coefficient (Wildman–Crippen LogP) is 8.55. The summed E-state index contributed by atoms with van der Waals surface area (Å²) in [6.07, 6.45) is 27.5. The summed E-state index contributed by atoms with van der Waals surface area (Å²) in [7, 11) is -2.08. The van der Waals surface area contributed by atoms with Crippen LogP contribution in [0.15, 0.2) is 0 Å². The molecule has 3 saturated carbocycles.